The van der Waals surface area contributed by atoms with Crippen LogP contribution in [-0.4, -0.2) is 49.1 Å². The zero-order valence-electron chi connectivity index (χ0n) is 7.65. The number of carboxylic acid groups (broad SMARTS) is 2. The molecule has 0 fully saturated rings. The third-order valence-electron chi connectivity index (χ3n) is 0.657. The maximum atomic E-state index is 9.80. The molecule has 0 aliphatic heterocycles. The molecule has 0 amide bonds. The number of rotatable bonds is 5. The van der Waals surface area contributed by atoms with Gasteiger partial charge in [0, 0.05) is 14.0 Å². The maximum absolute atomic E-state index is 9.80. The second-order valence-corrected chi connectivity index (χ2v) is 1.96. The van der Waals surface area contributed by atoms with Crippen LogP contribution in [0.5, 0.6) is 0 Å². The van der Waals surface area contributed by atoms with Crippen molar-refractivity contribution in [3.05, 3.63) is 0 Å². The van der Waals surface area contributed by atoms with Gasteiger partial charge in [0.25, 0.3) is 5.97 Å². The molecule has 0 saturated carbocycles. The standard InChI is InChI=1S/C5H10O4.C2H4O2/c1-8-2-3-9-4-5(6)7;1-2(3)4/h2-4H2,1H3,(H,6,7);1H3,(H,3,4). The van der Waals surface area contributed by atoms with Crippen LogP contribution in [0, 0.1) is 0 Å². The smallest absolute Gasteiger partial charge is 0.329 e. The van der Waals surface area contributed by atoms with E-state index in [1.54, 1.807) is 0 Å². The molecule has 0 heterocycles. The Morgan fingerprint density at radius 1 is 1.23 bits per heavy atom. The Kier molecular flexibility index (Phi) is 12.0. The normalized spacial score (nSPS) is 8.46. The largest absolute Gasteiger partial charge is 0.481 e. The summed E-state index contributed by atoms with van der Waals surface area (Å²) in [6.45, 7) is 1.61. The fourth-order valence-corrected chi connectivity index (χ4v) is 0.302. The molecule has 0 atom stereocenters. The van der Waals surface area contributed by atoms with E-state index < -0.39 is 11.9 Å². The van der Waals surface area contributed by atoms with Crippen molar-refractivity contribution in [2.45, 2.75) is 6.92 Å². The van der Waals surface area contributed by atoms with Gasteiger partial charge in [0.2, 0.25) is 0 Å². The van der Waals surface area contributed by atoms with Crippen LogP contribution in [0.4, 0.5) is 0 Å². The predicted molar refractivity (Wildman–Crippen MR) is 43.6 cm³/mol. The fourth-order valence-electron chi connectivity index (χ4n) is 0.302. The van der Waals surface area contributed by atoms with Crippen LogP contribution in [0.2, 0.25) is 0 Å². The third kappa shape index (κ3) is 36.1. The van der Waals surface area contributed by atoms with E-state index in [9.17, 15) is 4.79 Å². The molecule has 2 N–H and O–H groups in total. The first kappa shape index (κ1) is 14.4. The third-order valence-corrected chi connectivity index (χ3v) is 0.657. The summed E-state index contributed by atoms with van der Waals surface area (Å²) >= 11 is 0. The summed E-state index contributed by atoms with van der Waals surface area (Å²) in [5, 5.41) is 15.5. The molecule has 0 bridgehead atoms. The Labute approximate surface area is 76.1 Å². The van der Waals surface area contributed by atoms with Crippen LogP contribution in [-0.2, 0) is 19.1 Å². The number of methoxy groups -OCH3 is 1. The van der Waals surface area contributed by atoms with Crippen molar-refractivity contribution < 1.29 is 29.3 Å². The Bertz CT molecular complexity index is 140. The van der Waals surface area contributed by atoms with E-state index in [2.05, 4.69) is 9.47 Å². The SMILES string of the molecule is CC(=O)O.COCCOCC(=O)O. The number of aliphatic carboxylic acids is 2. The summed E-state index contributed by atoms with van der Waals surface area (Å²) in [7, 11) is 1.53. The predicted octanol–water partition coefficient (Wildman–Crippen LogP) is -0.175. The fraction of sp³-hybridized carbons (Fsp3) is 0.714. The minimum Gasteiger partial charge on any atom is -0.481 e. The zero-order valence-corrected chi connectivity index (χ0v) is 7.65. The molecular weight excluding hydrogens is 180 g/mol. The molecule has 0 saturated heterocycles. The topological polar surface area (TPSA) is 93.1 Å². The molecule has 0 aromatic rings. The van der Waals surface area contributed by atoms with Crippen molar-refractivity contribution in [1.29, 1.82) is 0 Å². The van der Waals surface area contributed by atoms with Crippen molar-refractivity contribution in [3.63, 3.8) is 0 Å². The van der Waals surface area contributed by atoms with Gasteiger partial charge in [0.1, 0.15) is 6.61 Å². The Morgan fingerprint density at radius 3 is 2.00 bits per heavy atom. The first-order valence-corrected chi connectivity index (χ1v) is 3.48. The molecule has 0 unspecified atom stereocenters. The van der Waals surface area contributed by atoms with Crippen molar-refractivity contribution in [1.82, 2.24) is 0 Å². The Morgan fingerprint density at radius 2 is 1.69 bits per heavy atom. The number of hydrogen-bond donors (Lipinski definition) is 2. The zero-order chi connectivity index (χ0) is 10.7. The van der Waals surface area contributed by atoms with Crippen LogP contribution in [0.25, 0.3) is 0 Å². The van der Waals surface area contributed by atoms with Crippen LogP contribution in [0.3, 0.4) is 0 Å². The average molecular weight is 194 g/mol. The Hall–Kier alpha value is -1.14. The highest BCUT2D eigenvalue weighted by Crippen LogP contribution is 1.74. The van der Waals surface area contributed by atoms with E-state index in [1.807, 2.05) is 0 Å². The van der Waals surface area contributed by atoms with Crippen LogP contribution in [0.1, 0.15) is 6.92 Å². The molecule has 0 rings (SSSR count). The summed E-state index contributed by atoms with van der Waals surface area (Å²) in [4.78, 5) is 18.8. The lowest BCUT2D eigenvalue weighted by atomic mass is 10.7. The quantitative estimate of drug-likeness (QED) is 0.590. The summed E-state index contributed by atoms with van der Waals surface area (Å²) in [6, 6.07) is 0. The van der Waals surface area contributed by atoms with Gasteiger partial charge in [-0.25, -0.2) is 4.79 Å². The molecule has 6 nitrogen and oxygen atoms in total. The molecule has 13 heavy (non-hydrogen) atoms. The van der Waals surface area contributed by atoms with Crippen molar-refractivity contribution in [3.8, 4) is 0 Å². The highest BCUT2D eigenvalue weighted by molar-refractivity contribution is 5.67. The molecule has 78 valence electrons. The van der Waals surface area contributed by atoms with Crippen LogP contribution >= 0.6 is 0 Å². The molecule has 0 spiro atoms. The lowest BCUT2D eigenvalue weighted by Crippen LogP contribution is -2.10. The molecule has 6 heteroatoms. The number of ether oxygens (including phenoxy) is 2. The average Bonchev–Trinajstić information content (AvgIpc) is 1.97. The van der Waals surface area contributed by atoms with Gasteiger partial charge in [-0.2, -0.15) is 0 Å². The van der Waals surface area contributed by atoms with Crippen molar-refractivity contribution in [2.75, 3.05) is 26.9 Å². The molecule has 0 aliphatic carbocycles. The molecule has 0 aromatic carbocycles. The summed E-state index contributed by atoms with van der Waals surface area (Å²) in [5.41, 5.74) is 0. The molecule has 0 radical (unpaired) electrons. The highest BCUT2D eigenvalue weighted by Gasteiger charge is 1.93. The highest BCUT2D eigenvalue weighted by atomic mass is 16.5. The van der Waals surface area contributed by atoms with Gasteiger partial charge < -0.3 is 19.7 Å². The minimum absolute atomic E-state index is 0.247. The van der Waals surface area contributed by atoms with Gasteiger partial charge >= 0.3 is 5.97 Å². The van der Waals surface area contributed by atoms with Gasteiger partial charge in [0.05, 0.1) is 13.2 Å². The van der Waals surface area contributed by atoms with Crippen molar-refractivity contribution in [2.24, 2.45) is 0 Å². The number of hydrogen-bond acceptors (Lipinski definition) is 4. The first-order valence-electron chi connectivity index (χ1n) is 3.48. The van der Waals surface area contributed by atoms with Crippen LogP contribution in [0.15, 0.2) is 0 Å². The van der Waals surface area contributed by atoms with Gasteiger partial charge in [0.15, 0.2) is 0 Å². The van der Waals surface area contributed by atoms with Gasteiger partial charge in [-0.05, 0) is 0 Å². The Balaban J connectivity index is 0. The van der Waals surface area contributed by atoms with E-state index in [0.717, 1.165) is 6.92 Å². The summed E-state index contributed by atoms with van der Waals surface area (Å²) in [5.74, 6) is -1.79. The lowest BCUT2D eigenvalue weighted by Gasteiger charge is -1.97. The lowest BCUT2D eigenvalue weighted by molar-refractivity contribution is -0.142. The summed E-state index contributed by atoms with van der Waals surface area (Å²) < 4.78 is 9.22. The minimum atomic E-state index is -0.953. The number of carboxylic acids is 2. The van der Waals surface area contributed by atoms with E-state index in [0.29, 0.717) is 13.2 Å². The van der Waals surface area contributed by atoms with Gasteiger partial charge in [-0.15, -0.1) is 0 Å². The van der Waals surface area contributed by atoms with Crippen LogP contribution < -0.4 is 0 Å². The van der Waals surface area contributed by atoms with Crippen molar-refractivity contribution >= 4 is 11.9 Å². The van der Waals surface area contributed by atoms with E-state index in [1.165, 1.54) is 7.11 Å². The monoisotopic (exact) mass is 194 g/mol. The first-order chi connectivity index (χ1) is 6.00. The number of carbonyl (C=O) groups is 2. The molecule has 0 aliphatic rings. The van der Waals surface area contributed by atoms with E-state index >= 15 is 0 Å². The van der Waals surface area contributed by atoms with E-state index in [4.69, 9.17) is 15.0 Å². The van der Waals surface area contributed by atoms with Gasteiger partial charge in [-0.1, -0.05) is 0 Å². The molecular formula is C7H14O6. The second-order valence-electron chi connectivity index (χ2n) is 1.96. The second kappa shape index (κ2) is 10.9. The van der Waals surface area contributed by atoms with E-state index in [-0.39, 0.29) is 6.61 Å². The summed E-state index contributed by atoms with van der Waals surface area (Å²) in [6.07, 6.45) is 0. The molecule has 0 aromatic heterocycles. The maximum Gasteiger partial charge on any atom is 0.329 e. The van der Waals surface area contributed by atoms with Gasteiger partial charge in [-0.3, -0.25) is 4.79 Å².